The second kappa shape index (κ2) is 11.3. The lowest BCUT2D eigenvalue weighted by atomic mass is 9.96. The predicted octanol–water partition coefficient (Wildman–Crippen LogP) is 5.02. The van der Waals surface area contributed by atoms with Crippen molar-refractivity contribution >= 4 is 45.7 Å². The van der Waals surface area contributed by atoms with Gasteiger partial charge in [0.25, 0.3) is 11.1 Å². The quantitative estimate of drug-likeness (QED) is 0.318. The van der Waals surface area contributed by atoms with Crippen LogP contribution in [0.4, 0.5) is 10.7 Å². The number of rotatable bonds is 7. The molecule has 2 fully saturated rings. The van der Waals surface area contributed by atoms with Crippen LogP contribution in [0, 0.1) is 5.92 Å². The van der Waals surface area contributed by atoms with E-state index in [1.807, 2.05) is 12.4 Å². The lowest BCUT2D eigenvalue weighted by molar-refractivity contribution is -0.115. The lowest BCUT2D eigenvalue weighted by Crippen LogP contribution is -2.38. The Morgan fingerprint density at radius 2 is 1.92 bits per heavy atom. The number of hydrogen-bond donors (Lipinski definition) is 2. The number of benzene rings is 2. The minimum atomic E-state index is -0.378. The summed E-state index contributed by atoms with van der Waals surface area (Å²) in [7, 11) is 0. The van der Waals surface area contributed by atoms with Crippen LogP contribution in [0.2, 0.25) is 0 Å². The van der Waals surface area contributed by atoms with Crippen molar-refractivity contribution < 1.29 is 9.59 Å². The first-order valence-electron chi connectivity index (χ1n) is 13.1. The number of hydrogen-bond acceptors (Lipinski definition) is 8. The van der Waals surface area contributed by atoms with Crippen LogP contribution < -0.4 is 15.5 Å². The van der Waals surface area contributed by atoms with Gasteiger partial charge in [-0.1, -0.05) is 36.4 Å². The number of carbonyl (C=O) groups is 2. The fraction of sp³-hybridized carbons (Fsp3) is 0.233. The molecule has 2 aliphatic rings. The van der Waals surface area contributed by atoms with Crippen molar-refractivity contribution in [1.82, 2.24) is 25.6 Å². The molecule has 2 aromatic heterocycles. The monoisotopic (exact) mass is 536 g/mol. The van der Waals surface area contributed by atoms with Crippen molar-refractivity contribution in [2.24, 2.45) is 5.92 Å². The smallest absolute Gasteiger partial charge is 0.290 e. The van der Waals surface area contributed by atoms with E-state index in [-0.39, 0.29) is 11.1 Å². The highest BCUT2D eigenvalue weighted by atomic mass is 32.2. The van der Waals surface area contributed by atoms with Gasteiger partial charge in [-0.3, -0.25) is 19.9 Å². The number of carbonyl (C=O) groups excluding carboxylic acids is 2. The van der Waals surface area contributed by atoms with E-state index in [0.29, 0.717) is 22.5 Å². The van der Waals surface area contributed by atoms with Crippen LogP contribution in [-0.4, -0.2) is 45.7 Å². The number of amides is 2. The zero-order valence-corrected chi connectivity index (χ0v) is 22.2. The van der Waals surface area contributed by atoms with Crippen LogP contribution in [0.3, 0.4) is 0 Å². The molecule has 2 aromatic carbocycles. The number of nitrogens with zero attached hydrogens (tertiary/aromatic N) is 4. The van der Waals surface area contributed by atoms with Gasteiger partial charge in [0, 0.05) is 43.6 Å². The van der Waals surface area contributed by atoms with Gasteiger partial charge in [-0.2, -0.15) is 0 Å². The summed E-state index contributed by atoms with van der Waals surface area (Å²) >= 11 is 0.894. The topological polar surface area (TPSA) is 100 Å². The van der Waals surface area contributed by atoms with Crippen molar-refractivity contribution in [2.75, 3.05) is 24.5 Å². The van der Waals surface area contributed by atoms with Gasteiger partial charge in [-0.25, -0.2) is 9.97 Å². The second-order valence-electron chi connectivity index (χ2n) is 9.80. The average Bonchev–Trinajstić information content (AvgIpc) is 3.29. The zero-order valence-electron chi connectivity index (χ0n) is 21.3. The van der Waals surface area contributed by atoms with Crippen LogP contribution in [0.15, 0.2) is 78.1 Å². The van der Waals surface area contributed by atoms with Crippen molar-refractivity contribution in [3.8, 4) is 11.1 Å². The maximum Gasteiger partial charge on any atom is 0.290 e. The molecule has 2 aliphatic heterocycles. The number of pyridine rings is 1. The first-order chi connectivity index (χ1) is 19.1. The lowest BCUT2D eigenvalue weighted by Gasteiger charge is -2.32. The first-order valence-corrected chi connectivity index (χ1v) is 13.9. The van der Waals surface area contributed by atoms with Gasteiger partial charge in [-0.05, 0) is 83.4 Å². The number of piperidine rings is 1. The number of thioether (sulfide) groups is 1. The Hall–Kier alpha value is -4.08. The maximum absolute atomic E-state index is 11.8. The summed E-state index contributed by atoms with van der Waals surface area (Å²) in [5.41, 5.74) is 4.34. The number of imide groups is 1. The third-order valence-corrected chi connectivity index (χ3v) is 7.97. The molecule has 0 atom stereocenters. The summed E-state index contributed by atoms with van der Waals surface area (Å²) in [6.07, 6.45) is 9.21. The van der Waals surface area contributed by atoms with Crippen LogP contribution >= 0.6 is 11.8 Å². The van der Waals surface area contributed by atoms with Crippen molar-refractivity contribution in [3.05, 3.63) is 89.4 Å². The largest absolute Gasteiger partial charge is 0.341 e. The molecule has 0 unspecified atom stereocenters. The Kier molecular flexibility index (Phi) is 7.33. The van der Waals surface area contributed by atoms with E-state index in [0.717, 1.165) is 56.2 Å². The highest BCUT2D eigenvalue weighted by Crippen LogP contribution is 2.29. The fourth-order valence-corrected chi connectivity index (χ4v) is 5.80. The highest BCUT2D eigenvalue weighted by molar-refractivity contribution is 8.18. The Morgan fingerprint density at radius 1 is 1.05 bits per heavy atom. The number of aromatic nitrogens is 3. The van der Waals surface area contributed by atoms with Crippen molar-refractivity contribution in [3.63, 3.8) is 0 Å². The number of nitrogens with one attached hydrogen (secondary N) is 2. The number of fused-ring (bicyclic) bond motifs is 1. The normalized spacial score (nSPS) is 17.2. The SMILES string of the molecule is O=C1NC(=O)/C(=C/c2ccnc(N3CCC(CNCc4cccc(-c5cccc6cnccc56)c4)CC3)n2)S1. The fourth-order valence-electron chi connectivity index (χ4n) is 5.13. The molecule has 2 N–H and O–H groups in total. The molecule has 4 aromatic rings. The van der Waals surface area contributed by atoms with Crippen LogP contribution in [0.25, 0.3) is 28.0 Å². The Labute approximate surface area is 231 Å². The first kappa shape index (κ1) is 25.2. The van der Waals surface area contributed by atoms with E-state index in [2.05, 4.69) is 79.0 Å². The van der Waals surface area contributed by atoms with Gasteiger partial charge in [0.2, 0.25) is 5.95 Å². The Bertz CT molecular complexity index is 1560. The van der Waals surface area contributed by atoms with E-state index in [9.17, 15) is 9.59 Å². The van der Waals surface area contributed by atoms with Gasteiger partial charge in [0.15, 0.2) is 0 Å². The summed E-state index contributed by atoms with van der Waals surface area (Å²) in [6, 6.07) is 18.9. The molecule has 39 heavy (non-hydrogen) atoms. The van der Waals surface area contributed by atoms with Gasteiger partial charge < -0.3 is 10.2 Å². The van der Waals surface area contributed by atoms with Crippen LogP contribution in [0.5, 0.6) is 0 Å². The van der Waals surface area contributed by atoms with Crippen molar-refractivity contribution in [2.45, 2.75) is 19.4 Å². The van der Waals surface area contributed by atoms with Gasteiger partial charge >= 0.3 is 0 Å². The highest BCUT2D eigenvalue weighted by Gasteiger charge is 2.25. The number of anilines is 1. The average molecular weight is 537 g/mol. The predicted molar refractivity (Wildman–Crippen MR) is 155 cm³/mol. The summed E-state index contributed by atoms with van der Waals surface area (Å²) in [6.45, 7) is 3.55. The summed E-state index contributed by atoms with van der Waals surface area (Å²) < 4.78 is 0. The summed E-state index contributed by atoms with van der Waals surface area (Å²) in [4.78, 5) is 39.1. The standard InChI is InChI=1S/C30H28N6O2S/c37-28-27(39-30(38)35-28)16-24-7-12-33-29(34-24)36-13-9-20(10-14-36)17-32-18-21-3-1-4-22(15-21)25-6-2-5-23-19-31-11-8-26(23)25/h1-8,11-12,15-16,19-20,32H,9-10,13-14,17-18H2,(H,35,37,38)/b27-16-. The summed E-state index contributed by atoms with van der Waals surface area (Å²) in [5.74, 6) is 0.868. The molecule has 4 heterocycles. The van der Waals surface area contributed by atoms with Crippen molar-refractivity contribution in [1.29, 1.82) is 0 Å². The molecule has 9 heteroatoms. The van der Waals surface area contributed by atoms with E-state index in [1.165, 1.54) is 22.1 Å². The Morgan fingerprint density at radius 3 is 2.77 bits per heavy atom. The van der Waals surface area contributed by atoms with E-state index >= 15 is 0 Å². The molecule has 0 radical (unpaired) electrons. The molecule has 2 amide bonds. The van der Waals surface area contributed by atoms with Crippen LogP contribution in [-0.2, 0) is 11.3 Å². The minimum Gasteiger partial charge on any atom is -0.341 e. The molecule has 0 bridgehead atoms. The maximum atomic E-state index is 11.8. The molecular formula is C30H28N6O2S. The summed E-state index contributed by atoms with van der Waals surface area (Å²) in [5, 5.41) is 7.94. The molecule has 8 nitrogen and oxygen atoms in total. The van der Waals surface area contributed by atoms with Gasteiger partial charge in [-0.15, -0.1) is 0 Å². The molecule has 196 valence electrons. The zero-order chi connectivity index (χ0) is 26.6. The third kappa shape index (κ3) is 5.84. The van der Waals surface area contributed by atoms with E-state index in [4.69, 9.17) is 0 Å². The van der Waals surface area contributed by atoms with E-state index < -0.39 is 0 Å². The second-order valence-corrected chi connectivity index (χ2v) is 10.8. The van der Waals surface area contributed by atoms with Gasteiger partial charge in [0.1, 0.15) is 0 Å². The third-order valence-electron chi connectivity index (χ3n) is 7.16. The molecular weight excluding hydrogens is 508 g/mol. The molecule has 0 aliphatic carbocycles. The molecule has 6 rings (SSSR count). The molecule has 0 saturated carbocycles. The van der Waals surface area contributed by atoms with E-state index in [1.54, 1.807) is 18.3 Å². The molecule has 0 spiro atoms. The van der Waals surface area contributed by atoms with Crippen LogP contribution in [0.1, 0.15) is 24.1 Å². The van der Waals surface area contributed by atoms with Gasteiger partial charge in [0.05, 0.1) is 10.6 Å². The Balaban J connectivity index is 1.02. The molecule has 2 saturated heterocycles. The minimum absolute atomic E-state index is 0.355.